The molecule has 0 bridgehead atoms. The fourth-order valence-corrected chi connectivity index (χ4v) is 6.74. The average Bonchev–Trinajstić information content (AvgIpc) is 3.68. The number of unbranched alkanes of at least 4 members (excludes halogenated alkanes) is 1. The van der Waals surface area contributed by atoms with Crippen molar-refractivity contribution in [3.8, 4) is 11.1 Å². The number of carbonyl (C=O) groups excluding carboxylic acids is 3. The van der Waals surface area contributed by atoms with Crippen LogP contribution >= 0.6 is 0 Å². The van der Waals surface area contributed by atoms with E-state index in [1.165, 1.54) is 0 Å². The van der Waals surface area contributed by atoms with Gasteiger partial charge in [0.1, 0.15) is 19.2 Å². The van der Waals surface area contributed by atoms with Gasteiger partial charge in [-0.05, 0) is 41.5 Å². The van der Waals surface area contributed by atoms with Crippen molar-refractivity contribution >= 4 is 23.9 Å². The van der Waals surface area contributed by atoms with Crippen molar-refractivity contribution in [3.05, 3.63) is 59.7 Å². The number of carboxylic acid groups (broad SMARTS) is 1. The Morgan fingerprint density at radius 1 is 0.514 bits per heavy atom. The summed E-state index contributed by atoms with van der Waals surface area (Å²) in [5.74, 6) is -2.19. The molecule has 21 heteroatoms. The van der Waals surface area contributed by atoms with Crippen molar-refractivity contribution in [2.45, 2.75) is 37.6 Å². The number of benzene rings is 2. The van der Waals surface area contributed by atoms with Crippen LogP contribution in [0.4, 0.5) is 4.79 Å². The number of ether oxygens (including phenoxy) is 13. The van der Waals surface area contributed by atoms with Crippen molar-refractivity contribution in [1.29, 1.82) is 0 Å². The second-order valence-corrected chi connectivity index (χ2v) is 15.5. The summed E-state index contributed by atoms with van der Waals surface area (Å²) >= 11 is 0. The number of rotatable bonds is 47. The lowest BCUT2D eigenvalue weighted by Crippen LogP contribution is -2.48. The van der Waals surface area contributed by atoms with Gasteiger partial charge >= 0.3 is 12.1 Å². The molecule has 1 aliphatic carbocycles. The zero-order valence-electron chi connectivity index (χ0n) is 40.9. The van der Waals surface area contributed by atoms with Gasteiger partial charge in [-0.1, -0.05) is 48.5 Å². The van der Waals surface area contributed by atoms with Crippen molar-refractivity contribution < 1.29 is 85.9 Å². The molecule has 0 aromatic heterocycles. The van der Waals surface area contributed by atoms with Crippen LogP contribution in [0.3, 0.4) is 0 Å². The lowest BCUT2D eigenvalue weighted by atomic mass is 9.98. The number of carbonyl (C=O) groups is 4. The molecule has 0 aliphatic heterocycles. The van der Waals surface area contributed by atoms with E-state index in [1.807, 2.05) is 48.5 Å². The molecule has 396 valence electrons. The van der Waals surface area contributed by atoms with Crippen LogP contribution < -0.4 is 16.0 Å². The van der Waals surface area contributed by atoms with Gasteiger partial charge in [-0.15, -0.1) is 0 Å². The summed E-state index contributed by atoms with van der Waals surface area (Å²) in [6.45, 7) is 10.4. The van der Waals surface area contributed by atoms with Crippen LogP contribution in [-0.2, 0) is 76.0 Å². The van der Waals surface area contributed by atoms with Crippen LogP contribution in [0.1, 0.15) is 42.7 Å². The molecule has 3 rings (SSSR count). The number of carboxylic acids is 1. The van der Waals surface area contributed by atoms with Gasteiger partial charge < -0.3 is 82.6 Å². The minimum absolute atomic E-state index is 0.0669. The first-order valence-corrected chi connectivity index (χ1v) is 24.1. The van der Waals surface area contributed by atoms with E-state index in [9.17, 15) is 19.2 Å². The Balaban J connectivity index is 1.04. The van der Waals surface area contributed by atoms with E-state index >= 15 is 0 Å². The van der Waals surface area contributed by atoms with Crippen molar-refractivity contribution in [2.75, 3.05) is 179 Å². The van der Waals surface area contributed by atoms with Gasteiger partial charge in [0.25, 0.3) is 0 Å². The second-order valence-electron chi connectivity index (χ2n) is 15.5. The number of fused-ring (bicyclic) bond motifs is 3. The van der Waals surface area contributed by atoms with Crippen LogP contribution in [0.2, 0.25) is 0 Å². The zero-order valence-corrected chi connectivity index (χ0v) is 40.9. The highest BCUT2D eigenvalue weighted by molar-refractivity contribution is 5.88. The third-order valence-corrected chi connectivity index (χ3v) is 10.2. The second kappa shape index (κ2) is 41.3. The predicted octanol–water partition coefficient (Wildman–Crippen LogP) is 2.60. The standard InChI is InChI=1S/C49H77N3O18/c1-58-16-17-60-20-21-62-24-25-64-28-29-66-32-33-68-36-37-69-35-34-67-31-30-65-27-26-63-23-22-61-19-18-59-15-13-46(53)50-14-7-6-12-45(48(56)51-38-47(54)55)52-49(57)70-39-44-42-10-4-2-8-40(42)41-9-3-5-11-43(41)44/h2-5,8-11,44-45H,6-7,12-39H2,1H3,(H,50,53)(H,51,56)(H,52,57)(H,54,55)/t45-/m0/s1. The molecule has 1 aliphatic rings. The first-order valence-electron chi connectivity index (χ1n) is 24.1. The Labute approximate surface area is 412 Å². The molecule has 2 aromatic carbocycles. The third-order valence-electron chi connectivity index (χ3n) is 10.2. The van der Waals surface area contributed by atoms with Gasteiger partial charge in [0.15, 0.2) is 0 Å². The summed E-state index contributed by atoms with van der Waals surface area (Å²) in [5, 5.41) is 16.8. The average molecular weight is 996 g/mol. The summed E-state index contributed by atoms with van der Waals surface area (Å²) in [7, 11) is 1.64. The third kappa shape index (κ3) is 29.1. The van der Waals surface area contributed by atoms with E-state index in [-0.39, 0.29) is 37.9 Å². The molecule has 0 saturated carbocycles. The Kier molecular flexibility index (Phi) is 35.3. The molecule has 0 saturated heterocycles. The molecule has 0 unspecified atom stereocenters. The first kappa shape index (κ1) is 59.9. The van der Waals surface area contributed by atoms with Gasteiger partial charge in [-0.3, -0.25) is 14.4 Å². The maximum Gasteiger partial charge on any atom is 0.407 e. The van der Waals surface area contributed by atoms with Crippen LogP contribution in [0.25, 0.3) is 11.1 Å². The number of methoxy groups -OCH3 is 1. The lowest BCUT2D eigenvalue weighted by molar-refractivity contribution is -0.138. The Morgan fingerprint density at radius 3 is 1.30 bits per heavy atom. The number of nitrogens with one attached hydrogen (secondary N) is 3. The highest BCUT2D eigenvalue weighted by Crippen LogP contribution is 2.44. The molecule has 3 amide bonds. The molecule has 70 heavy (non-hydrogen) atoms. The van der Waals surface area contributed by atoms with Crippen LogP contribution in [0.5, 0.6) is 0 Å². The highest BCUT2D eigenvalue weighted by Gasteiger charge is 2.30. The number of aliphatic carboxylic acids is 1. The van der Waals surface area contributed by atoms with Gasteiger partial charge in [-0.2, -0.15) is 0 Å². The monoisotopic (exact) mass is 996 g/mol. The molecular weight excluding hydrogens is 919 g/mol. The van der Waals surface area contributed by atoms with Crippen molar-refractivity contribution in [2.24, 2.45) is 0 Å². The minimum Gasteiger partial charge on any atom is -0.480 e. The van der Waals surface area contributed by atoms with Gasteiger partial charge in [-0.25, -0.2) is 4.79 Å². The highest BCUT2D eigenvalue weighted by atomic mass is 16.6. The Hall–Kier alpha value is -4.36. The largest absolute Gasteiger partial charge is 0.480 e. The van der Waals surface area contributed by atoms with E-state index in [4.69, 9.17) is 66.7 Å². The summed E-state index contributed by atoms with van der Waals surface area (Å²) in [6, 6.07) is 14.9. The minimum atomic E-state index is -1.21. The molecular formula is C49H77N3O18. The van der Waals surface area contributed by atoms with Gasteiger partial charge in [0.2, 0.25) is 11.8 Å². The normalized spacial score (nSPS) is 12.4. The maximum atomic E-state index is 12.9. The molecule has 0 spiro atoms. The fourth-order valence-electron chi connectivity index (χ4n) is 6.74. The summed E-state index contributed by atoms with van der Waals surface area (Å²) in [4.78, 5) is 49.0. The number of hydrogen-bond donors (Lipinski definition) is 4. The molecule has 21 nitrogen and oxygen atoms in total. The van der Waals surface area contributed by atoms with Gasteiger partial charge in [0, 0.05) is 26.0 Å². The predicted molar refractivity (Wildman–Crippen MR) is 255 cm³/mol. The smallest absolute Gasteiger partial charge is 0.407 e. The molecule has 0 heterocycles. The van der Waals surface area contributed by atoms with E-state index in [1.54, 1.807) is 7.11 Å². The Morgan fingerprint density at radius 2 is 0.900 bits per heavy atom. The van der Waals surface area contributed by atoms with E-state index < -0.39 is 30.6 Å². The zero-order chi connectivity index (χ0) is 50.0. The van der Waals surface area contributed by atoms with Crippen molar-refractivity contribution in [3.63, 3.8) is 0 Å². The number of amides is 3. The molecule has 0 fully saturated rings. The lowest BCUT2D eigenvalue weighted by Gasteiger charge is -2.19. The SMILES string of the molecule is COCCOCCOCCOCCOCCOCCOCCOCCOCCOCCOCCOCCC(=O)NCCCC[C@H](NC(=O)OCC1c2ccccc2-c2ccccc21)C(=O)NCC(=O)O. The first-order chi connectivity index (χ1) is 34.4. The van der Waals surface area contributed by atoms with E-state index in [0.717, 1.165) is 22.3 Å². The number of hydrogen-bond acceptors (Lipinski definition) is 17. The molecule has 1 atom stereocenters. The van der Waals surface area contributed by atoms with E-state index in [2.05, 4.69) is 16.0 Å². The summed E-state index contributed by atoms with van der Waals surface area (Å²) < 4.78 is 70.6. The maximum absolute atomic E-state index is 12.9. The quantitative estimate of drug-likeness (QED) is 0.0697. The molecule has 2 aromatic rings. The fraction of sp³-hybridized carbons (Fsp3) is 0.673. The van der Waals surface area contributed by atoms with Crippen molar-refractivity contribution in [1.82, 2.24) is 16.0 Å². The van der Waals surface area contributed by atoms with E-state index in [0.29, 0.717) is 165 Å². The molecule has 0 radical (unpaired) electrons. The number of alkyl carbamates (subject to hydrolysis) is 1. The summed E-state index contributed by atoms with van der Waals surface area (Å²) in [5.41, 5.74) is 4.28. The van der Waals surface area contributed by atoms with Gasteiger partial charge in [0.05, 0.1) is 152 Å². The van der Waals surface area contributed by atoms with Crippen LogP contribution in [0, 0.1) is 0 Å². The topological polar surface area (TPSA) is 245 Å². The Bertz CT molecular complexity index is 1630. The summed E-state index contributed by atoms with van der Waals surface area (Å²) in [6.07, 6.45) is 0.586. The van der Waals surface area contributed by atoms with Crippen LogP contribution in [-0.4, -0.2) is 214 Å². The molecule has 4 N–H and O–H groups in total. The van der Waals surface area contributed by atoms with Crippen LogP contribution in [0.15, 0.2) is 48.5 Å².